The van der Waals surface area contributed by atoms with Crippen LogP contribution in [0.15, 0.2) is 53.4 Å². The van der Waals surface area contributed by atoms with Crippen LogP contribution in [0, 0.1) is 5.82 Å². The summed E-state index contributed by atoms with van der Waals surface area (Å²) in [5, 5.41) is 2.64. The van der Waals surface area contributed by atoms with Crippen molar-refractivity contribution in [3.63, 3.8) is 0 Å². The molecule has 0 heterocycles. The average Bonchev–Trinajstić information content (AvgIpc) is 2.69. The van der Waals surface area contributed by atoms with E-state index in [9.17, 15) is 17.6 Å². The van der Waals surface area contributed by atoms with Gasteiger partial charge in [0, 0.05) is 24.9 Å². The van der Waals surface area contributed by atoms with Crippen LogP contribution in [0.4, 0.5) is 10.1 Å². The highest BCUT2D eigenvalue weighted by Gasteiger charge is 2.26. The van der Waals surface area contributed by atoms with Gasteiger partial charge in [-0.3, -0.25) is 4.79 Å². The number of nitrogens with one attached hydrogen (secondary N) is 1. The molecular formula is C21H25FN2O4S. The van der Waals surface area contributed by atoms with Crippen LogP contribution in [0.5, 0.6) is 5.75 Å². The molecule has 0 saturated heterocycles. The highest BCUT2D eigenvalue weighted by Crippen LogP contribution is 2.30. The molecule has 0 atom stereocenters. The van der Waals surface area contributed by atoms with Crippen LogP contribution in [0.3, 0.4) is 0 Å². The molecule has 0 aliphatic heterocycles. The van der Waals surface area contributed by atoms with E-state index in [0.29, 0.717) is 30.9 Å². The third-order valence-corrected chi connectivity index (χ3v) is 6.20. The first kappa shape index (κ1) is 22.6. The minimum Gasteiger partial charge on any atom is -0.492 e. The molecule has 29 heavy (non-hydrogen) atoms. The molecule has 2 aromatic carbocycles. The third-order valence-electron chi connectivity index (χ3n) is 4.13. The molecule has 2 aromatic rings. The zero-order valence-corrected chi connectivity index (χ0v) is 17.5. The van der Waals surface area contributed by atoms with E-state index in [1.807, 2.05) is 0 Å². The second kappa shape index (κ2) is 10.2. The Morgan fingerprint density at radius 3 is 2.34 bits per heavy atom. The Labute approximate surface area is 171 Å². The zero-order chi connectivity index (χ0) is 21.4. The van der Waals surface area contributed by atoms with Crippen molar-refractivity contribution in [2.24, 2.45) is 0 Å². The van der Waals surface area contributed by atoms with Crippen molar-refractivity contribution >= 4 is 27.7 Å². The average molecular weight is 421 g/mol. The van der Waals surface area contributed by atoms with Crippen molar-refractivity contribution in [3.8, 4) is 5.75 Å². The predicted octanol–water partition coefficient (Wildman–Crippen LogP) is 3.91. The number of halogens is 1. The molecule has 2 rings (SSSR count). The number of anilines is 1. The van der Waals surface area contributed by atoms with Crippen LogP contribution in [0.2, 0.25) is 0 Å². The lowest BCUT2D eigenvalue weighted by Gasteiger charge is -2.21. The molecule has 0 aliphatic rings. The number of carbonyl (C=O) groups excluding carboxylic acids is 1. The Bertz CT molecular complexity index is 969. The van der Waals surface area contributed by atoms with Crippen LogP contribution in [0.25, 0.3) is 6.08 Å². The number of ether oxygens (including phenoxy) is 1. The quantitative estimate of drug-likeness (QED) is 0.624. The Morgan fingerprint density at radius 1 is 1.10 bits per heavy atom. The summed E-state index contributed by atoms with van der Waals surface area (Å²) in [5.41, 5.74) is 0.992. The molecular weight excluding hydrogens is 395 g/mol. The normalized spacial score (nSPS) is 11.8. The summed E-state index contributed by atoms with van der Waals surface area (Å²) >= 11 is 0. The van der Waals surface area contributed by atoms with E-state index in [-0.39, 0.29) is 16.5 Å². The second-order valence-electron chi connectivity index (χ2n) is 6.06. The van der Waals surface area contributed by atoms with Gasteiger partial charge in [-0.1, -0.05) is 26.0 Å². The fourth-order valence-electron chi connectivity index (χ4n) is 2.69. The van der Waals surface area contributed by atoms with Crippen LogP contribution in [0.1, 0.15) is 26.3 Å². The Balaban J connectivity index is 2.27. The topological polar surface area (TPSA) is 75.7 Å². The molecule has 0 aliphatic carbocycles. The van der Waals surface area contributed by atoms with Gasteiger partial charge in [0.05, 0.1) is 6.61 Å². The van der Waals surface area contributed by atoms with Crippen LogP contribution >= 0.6 is 0 Å². The van der Waals surface area contributed by atoms with Gasteiger partial charge in [-0.25, -0.2) is 12.8 Å². The number of sulfonamides is 1. The van der Waals surface area contributed by atoms with E-state index in [0.717, 1.165) is 0 Å². The molecule has 0 fully saturated rings. The fourth-order valence-corrected chi connectivity index (χ4v) is 4.31. The van der Waals surface area contributed by atoms with Gasteiger partial charge in [0.2, 0.25) is 15.9 Å². The molecule has 0 radical (unpaired) electrons. The first-order valence-electron chi connectivity index (χ1n) is 9.33. The molecule has 156 valence electrons. The molecule has 0 bridgehead atoms. The Kier molecular flexibility index (Phi) is 7.92. The second-order valence-corrected chi connectivity index (χ2v) is 7.96. The smallest absolute Gasteiger partial charge is 0.248 e. The zero-order valence-electron chi connectivity index (χ0n) is 16.7. The highest BCUT2D eigenvalue weighted by atomic mass is 32.2. The first-order chi connectivity index (χ1) is 13.8. The number of hydrogen-bond acceptors (Lipinski definition) is 4. The minimum absolute atomic E-state index is 0.00311. The van der Waals surface area contributed by atoms with Crippen LogP contribution in [-0.4, -0.2) is 38.3 Å². The lowest BCUT2D eigenvalue weighted by molar-refractivity contribution is -0.111. The van der Waals surface area contributed by atoms with Crippen molar-refractivity contribution in [2.45, 2.75) is 25.7 Å². The Hall–Kier alpha value is -2.71. The summed E-state index contributed by atoms with van der Waals surface area (Å²) in [7, 11) is -3.77. The van der Waals surface area contributed by atoms with Crippen molar-refractivity contribution in [1.82, 2.24) is 4.31 Å². The van der Waals surface area contributed by atoms with Gasteiger partial charge in [-0.2, -0.15) is 4.31 Å². The summed E-state index contributed by atoms with van der Waals surface area (Å²) in [5.74, 6) is -0.563. The number of carbonyl (C=O) groups is 1. The van der Waals surface area contributed by atoms with Crippen molar-refractivity contribution < 1.29 is 22.3 Å². The molecule has 8 heteroatoms. The standard InChI is InChI=1S/C21H25FN2O4S/c1-4-24(5-2)29(26,27)20-15-18(12-13-19(20)28-6-3)23-21(25)14-9-16-7-10-17(22)11-8-16/h7-15H,4-6H2,1-3H3,(H,23,25)/b14-9+. The van der Waals surface area contributed by atoms with Crippen LogP contribution < -0.4 is 10.1 Å². The summed E-state index contributed by atoms with van der Waals surface area (Å²) < 4.78 is 45.6. The maximum atomic E-state index is 13.0. The van der Waals surface area contributed by atoms with Crippen molar-refractivity contribution in [2.75, 3.05) is 25.0 Å². The maximum Gasteiger partial charge on any atom is 0.248 e. The molecule has 6 nitrogen and oxygen atoms in total. The summed E-state index contributed by atoms with van der Waals surface area (Å²) in [6, 6.07) is 10.2. The minimum atomic E-state index is -3.77. The highest BCUT2D eigenvalue weighted by molar-refractivity contribution is 7.89. The maximum absolute atomic E-state index is 13.0. The summed E-state index contributed by atoms with van der Waals surface area (Å²) in [6.07, 6.45) is 2.83. The first-order valence-corrected chi connectivity index (χ1v) is 10.8. The van der Waals surface area contributed by atoms with Gasteiger partial charge in [-0.15, -0.1) is 0 Å². The van der Waals surface area contributed by atoms with E-state index in [4.69, 9.17) is 4.74 Å². The lowest BCUT2D eigenvalue weighted by Crippen LogP contribution is -2.31. The summed E-state index contributed by atoms with van der Waals surface area (Å²) in [6.45, 7) is 6.24. The van der Waals surface area contributed by atoms with E-state index >= 15 is 0 Å². The van der Waals surface area contributed by atoms with Gasteiger partial charge >= 0.3 is 0 Å². The van der Waals surface area contributed by atoms with E-state index in [1.54, 1.807) is 39.0 Å². The van der Waals surface area contributed by atoms with Gasteiger partial charge < -0.3 is 10.1 Å². The lowest BCUT2D eigenvalue weighted by atomic mass is 10.2. The van der Waals surface area contributed by atoms with Gasteiger partial charge in [0.15, 0.2) is 0 Å². The van der Waals surface area contributed by atoms with E-state index < -0.39 is 15.9 Å². The monoisotopic (exact) mass is 420 g/mol. The molecule has 0 unspecified atom stereocenters. The van der Waals surface area contributed by atoms with Gasteiger partial charge in [0.1, 0.15) is 16.5 Å². The molecule has 0 aromatic heterocycles. The number of amides is 1. The van der Waals surface area contributed by atoms with Gasteiger partial charge in [-0.05, 0) is 48.9 Å². The number of benzene rings is 2. The van der Waals surface area contributed by atoms with E-state index in [2.05, 4.69) is 5.32 Å². The molecule has 0 spiro atoms. The van der Waals surface area contributed by atoms with E-state index in [1.165, 1.54) is 40.7 Å². The van der Waals surface area contributed by atoms with Crippen LogP contribution in [-0.2, 0) is 14.8 Å². The number of rotatable bonds is 9. The van der Waals surface area contributed by atoms with Gasteiger partial charge in [0.25, 0.3) is 0 Å². The Morgan fingerprint density at radius 2 is 1.76 bits per heavy atom. The molecule has 1 amide bonds. The number of nitrogens with zero attached hydrogens (tertiary/aromatic N) is 1. The molecule has 0 saturated carbocycles. The third kappa shape index (κ3) is 5.88. The SMILES string of the molecule is CCOc1ccc(NC(=O)/C=C/c2ccc(F)cc2)cc1S(=O)(=O)N(CC)CC. The largest absolute Gasteiger partial charge is 0.492 e. The predicted molar refractivity (Wildman–Crippen MR) is 112 cm³/mol. The molecule has 1 N–H and O–H groups in total. The van der Waals surface area contributed by atoms with Crippen molar-refractivity contribution in [1.29, 1.82) is 0 Å². The summed E-state index contributed by atoms with van der Waals surface area (Å²) in [4.78, 5) is 12.2. The number of hydrogen-bond donors (Lipinski definition) is 1. The van der Waals surface area contributed by atoms with Crippen molar-refractivity contribution in [3.05, 3.63) is 59.9 Å². The fraction of sp³-hybridized carbons (Fsp3) is 0.286.